The maximum Gasteiger partial charge on any atom is 0.145 e. The van der Waals surface area contributed by atoms with Crippen LogP contribution in [0.5, 0.6) is 0 Å². The van der Waals surface area contributed by atoms with E-state index >= 15 is 0 Å². The molecular weight excluding hydrogens is 252 g/mol. The van der Waals surface area contributed by atoms with Crippen molar-refractivity contribution in [3.05, 3.63) is 48.7 Å². The number of unbranched alkanes of at least 4 members (excludes halogenated alkanes) is 1. The number of rotatable bonds is 11. The number of nitrogens with one attached hydrogen (secondary N) is 1. The highest BCUT2D eigenvalue weighted by Gasteiger charge is 1.99. The normalized spacial score (nSPS) is 10.5. The highest BCUT2D eigenvalue weighted by molar-refractivity contribution is 5.97. The molecule has 0 saturated heterocycles. The molecule has 0 saturated carbocycles. The summed E-state index contributed by atoms with van der Waals surface area (Å²) in [5.74, 6) is 0. The first-order valence-electron chi connectivity index (χ1n) is 6.97. The summed E-state index contributed by atoms with van der Waals surface area (Å²) in [4.78, 5) is 2.24. The van der Waals surface area contributed by atoms with Crippen molar-refractivity contribution in [3.63, 3.8) is 0 Å². The van der Waals surface area contributed by atoms with E-state index in [2.05, 4.69) is 41.1 Å². The lowest BCUT2D eigenvalue weighted by Gasteiger charge is -2.20. The highest BCUT2D eigenvalue weighted by atomic mass is 28.2. The molecule has 0 radical (unpaired) electrons. The summed E-state index contributed by atoms with van der Waals surface area (Å²) in [6.07, 6.45) is 4.27. The topological polar surface area (TPSA) is 24.5 Å². The third-order valence-electron chi connectivity index (χ3n) is 3.01. The highest BCUT2D eigenvalue weighted by Crippen LogP contribution is 2.03. The molecule has 4 heteroatoms. The molecule has 0 aliphatic carbocycles. The van der Waals surface area contributed by atoms with Crippen LogP contribution in [0.2, 0.25) is 0 Å². The smallest absolute Gasteiger partial charge is 0.145 e. The first kappa shape index (κ1) is 16.0. The van der Waals surface area contributed by atoms with Crippen LogP contribution in [0.15, 0.2) is 43.1 Å². The van der Waals surface area contributed by atoms with Gasteiger partial charge in [0.25, 0.3) is 0 Å². The predicted molar refractivity (Wildman–Crippen MR) is 85.0 cm³/mol. The third kappa shape index (κ3) is 7.82. The Balaban J connectivity index is 2.10. The van der Waals surface area contributed by atoms with Gasteiger partial charge in [0.2, 0.25) is 0 Å². The molecule has 0 aromatic heterocycles. The average Bonchev–Trinajstić information content (AvgIpc) is 2.46. The maximum absolute atomic E-state index is 5.16. The summed E-state index contributed by atoms with van der Waals surface area (Å²) in [6.45, 7) is 8.80. The molecule has 3 nitrogen and oxygen atoms in total. The molecule has 0 fully saturated rings. The molecule has 0 aliphatic rings. The Hall–Kier alpha value is -1.10. The second kappa shape index (κ2) is 10.8. The van der Waals surface area contributed by atoms with Crippen molar-refractivity contribution in [1.29, 1.82) is 0 Å². The molecule has 0 unspecified atom stereocenters. The standard InChI is InChI=1S/C15H26N2OSi/c1-2-17(14-15-8-4-3-5-9-15)12-11-16-10-6-7-13-18-19/h2-5,8-9,16H,1,6-7,10-14H2,19H3. The Morgan fingerprint density at radius 2 is 2.00 bits per heavy atom. The van der Waals surface area contributed by atoms with Crippen LogP contribution >= 0.6 is 0 Å². The summed E-state index contributed by atoms with van der Waals surface area (Å²) in [5, 5.41) is 3.46. The Kier molecular flexibility index (Phi) is 9.06. The zero-order valence-corrected chi connectivity index (χ0v) is 14.0. The molecule has 0 spiro atoms. The van der Waals surface area contributed by atoms with Gasteiger partial charge in [-0.05, 0) is 31.1 Å². The van der Waals surface area contributed by atoms with Crippen molar-refractivity contribution in [3.8, 4) is 0 Å². The SMILES string of the molecule is C=CN(CCNCCCCO[SiH3])Cc1ccccc1. The monoisotopic (exact) mass is 278 g/mol. The van der Waals surface area contributed by atoms with Gasteiger partial charge < -0.3 is 14.6 Å². The summed E-state index contributed by atoms with van der Waals surface area (Å²) in [5.41, 5.74) is 1.33. The summed E-state index contributed by atoms with van der Waals surface area (Å²) in [6, 6.07) is 10.5. The van der Waals surface area contributed by atoms with Crippen molar-refractivity contribution in [2.45, 2.75) is 19.4 Å². The molecule has 0 aliphatic heterocycles. The number of benzene rings is 1. The van der Waals surface area contributed by atoms with Gasteiger partial charge in [-0.15, -0.1) is 0 Å². The summed E-state index contributed by atoms with van der Waals surface area (Å²) >= 11 is 0. The zero-order chi connectivity index (χ0) is 13.8. The molecule has 1 N–H and O–H groups in total. The van der Waals surface area contributed by atoms with E-state index < -0.39 is 0 Å². The van der Waals surface area contributed by atoms with Gasteiger partial charge in [-0.3, -0.25) is 0 Å². The number of hydrogen-bond donors (Lipinski definition) is 1. The molecule has 0 heterocycles. The van der Waals surface area contributed by atoms with E-state index in [4.69, 9.17) is 4.43 Å². The summed E-state index contributed by atoms with van der Waals surface area (Å²) < 4.78 is 5.16. The molecule has 0 bridgehead atoms. The minimum absolute atomic E-state index is 0.856. The van der Waals surface area contributed by atoms with E-state index in [1.807, 2.05) is 12.3 Å². The van der Waals surface area contributed by atoms with Gasteiger partial charge in [-0.25, -0.2) is 0 Å². The van der Waals surface area contributed by atoms with E-state index in [-0.39, 0.29) is 0 Å². The van der Waals surface area contributed by atoms with Gasteiger partial charge in [0, 0.05) is 26.2 Å². The fourth-order valence-corrected chi connectivity index (χ4v) is 2.19. The third-order valence-corrected chi connectivity index (χ3v) is 3.42. The molecule has 1 aromatic rings. The van der Waals surface area contributed by atoms with E-state index in [1.165, 1.54) is 12.0 Å². The fourth-order valence-electron chi connectivity index (χ4n) is 1.90. The van der Waals surface area contributed by atoms with Crippen LogP contribution in [0.4, 0.5) is 0 Å². The van der Waals surface area contributed by atoms with Gasteiger partial charge in [-0.1, -0.05) is 36.9 Å². The molecule has 19 heavy (non-hydrogen) atoms. The Bertz CT molecular complexity index is 332. The molecule has 0 atom stereocenters. The number of nitrogens with zero attached hydrogens (tertiary/aromatic N) is 1. The van der Waals surface area contributed by atoms with Crippen molar-refractivity contribution in [2.24, 2.45) is 0 Å². The first-order valence-corrected chi connectivity index (χ1v) is 7.78. The second-order valence-electron chi connectivity index (χ2n) is 4.59. The van der Waals surface area contributed by atoms with Crippen LogP contribution in [0.25, 0.3) is 0 Å². The molecule has 0 amide bonds. The van der Waals surface area contributed by atoms with E-state index in [9.17, 15) is 0 Å². The molecule has 1 aromatic carbocycles. The minimum atomic E-state index is 0.856. The van der Waals surface area contributed by atoms with Crippen LogP contribution in [0.1, 0.15) is 18.4 Å². The van der Waals surface area contributed by atoms with Crippen LogP contribution in [-0.4, -0.2) is 41.6 Å². The van der Waals surface area contributed by atoms with Crippen LogP contribution < -0.4 is 5.32 Å². The lowest BCUT2D eigenvalue weighted by atomic mass is 10.2. The van der Waals surface area contributed by atoms with Crippen LogP contribution in [0, 0.1) is 0 Å². The van der Waals surface area contributed by atoms with Gasteiger partial charge in [-0.2, -0.15) is 0 Å². The van der Waals surface area contributed by atoms with Crippen molar-refractivity contribution >= 4 is 10.5 Å². The molecular formula is C15H26N2OSi. The van der Waals surface area contributed by atoms with Gasteiger partial charge in [0.15, 0.2) is 0 Å². The summed E-state index contributed by atoms with van der Waals surface area (Å²) in [7, 11) is 0.856. The Morgan fingerprint density at radius 3 is 2.68 bits per heavy atom. The van der Waals surface area contributed by atoms with Gasteiger partial charge in [0.1, 0.15) is 10.5 Å². The van der Waals surface area contributed by atoms with Crippen molar-refractivity contribution < 1.29 is 4.43 Å². The molecule has 1 rings (SSSR count). The lowest BCUT2D eigenvalue weighted by Crippen LogP contribution is -2.28. The predicted octanol–water partition coefficient (Wildman–Crippen LogP) is 1.30. The minimum Gasteiger partial charge on any atom is -0.428 e. The lowest BCUT2D eigenvalue weighted by molar-refractivity contribution is 0.331. The number of hydrogen-bond acceptors (Lipinski definition) is 3. The first-order chi connectivity index (χ1) is 9.36. The Labute approximate surface area is 120 Å². The van der Waals surface area contributed by atoms with Crippen LogP contribution in [-0.2, 0) is 11.0 Å². The van der Waals surface area contributed by atoms with Gasteiger partial charge >= 0.3 is 0 Å². The Morgan fingerprint density at radius 1 is 1.21 bits per heavy atom. The maximum atomic E-state index is 5.16. The van der Waals surface area contributed by atoms with E-state index in [1.54, 1.807) is 0 Å². The van der Waals surface area contributed by atoms with E-state index in [0.717, 1.165) is 49.7 Å². The van der Waals surface area contributed by atoms with Gasteiger partial charge in [0.05, 0.1) is 0 Å². The fraction of sp³-hybridized carbons (Fsp3) is 0.467. The van der Waals surface area contributed by atoms with Crippen molar-refractivity contribution in [1.82, 2.24) is 10.2 Å². The molecule has 106 valence electrons. The average molecular weight is 278 g/mol. The van der Waals surface area contributed by atoms with Crippen molar-refractivity contribution in [2.75, 3.05) is 26.2 Å². The quantitative estimate of drug-likeness (QED) is 0.488. The van der Waals surface area contributed by atoms with Crippen LogP contribution in [0.3, 0.4) is 0 Å². The zero-order valence-electron chi connectivity index (χ0n) is 12.0. The van der Waals surface area contributed by atoms with E-state index in [0.29, 0.717) is 0 Å². The second-order valence-corrected chi connectivity index (χ2v) is 5.17. The largest absolute Gasteiger partial charge is 0.428 e.